The van der Waals surface area contributed by atoms with E-state index in [4.69, 9.17) is 0 Å². The van der Waals surface area contributed by atoms with Crippen molar-refractivity contribution in [3.8, 4) is 0 Å². The summed E-state index contributed by atoms with van der Waals surface area (Å²) < 4.78 is 2.09. The lowest BCUT2D eigenvalue weighted by Gasteiger charge is -2.14. The second-order valence-corrected chi connectivity index (χ2v) is 5.07. The van der Waals surface area contributed by atoms with Crippen LogP contribution in [0.2, 0.25) is 0 Å². The molecule has 2 rings (SSSR count). The summed E-state index contributed by atoms with van der Waals surface area (Å²) in [6, 6.07) is 0. The number of aliphatic hydroxyl groups is 1. The van der Waals surface area contributed by atoms with Crippen LogP contribution in [0.4, 0.5) is 0 Å². The van der Waals surface area contributed by atoms with Gasteiger partial charge in [-0.15, -0.1) is 0 Å². The minimum atomic E-state index is -0.0712. The van der Waals surface area contributed by atoms with Crippen LogP contribution in [0.15, 0.2) is 0 Å². The molecule has 1 N–H and O–H groups in total. The Labute approximate surface area is 97.5 Å². The Morgan fingerprint density at radius 3 is 2.56 bits per heavy atom. The van der Waals surface area contributed by atoms with Crippen molar-refractivity contribution in [2.45, 2.75) is 59.1 Å². The van der Waals surface area contributed by atoms with E-state index in [1.165, 1.54) is 24.1 Å². The van der Waals surface area contributed by atoms with Gasteiger partial charge in [0, 0.05) is 12.2 Å². The molecule has 0 bridgehead atoms. The molecule has 0 aromatic carbocycles. The maximum atomic E-state index is 9.77. The molecular weight excluding hydrogens is 200 g/mol. The average molecular weight is 222 g/mol. The first kappa shape index (κ1) is 11.6. The molecule has 0 spiro atoms. The lowest BCUT2D eigenvalue weighted by atomic mass is 10.0. The summed E-state index contributed by atoms with van der Waals surface area (Å²) in [7, 11) is 0. The summed E-state index contributed by atoms with van der Waals surface area (Å²) in [4.78, 5) is 0. The SMILES string of the molecule is Cc1nn(CCC2CCCC2O)c(C)c1C. The van der Waals surface area contributed by atoms with Gasteiger partial charge < -0.3 is 5.11 Å². The predicted octanol–water partition coefficient (Wildman–Crippen LogP) is 2.36. The van der Waals surface area contributed by atoms with E-state index in [1.54, 1.807) is 0 Å². The Morgan fingerprint density at radius 1 is 1.31 bits per heavy atom. The Morgan fingerprint density at radius 2 is 2.06 bits per heavy atom. The van der Waals surface area contributed by atoms with Crippen LogP contribution in [0.25, 0.3) is 0 Å². The van der Waals surface area contributed by atoms with E-state index in [-0.39, 0.29) is 6.10 Å². The van der Waals surface area contributed by atoms with Gasteiger partial charge in [-0.25, -0.2) is 0 Å². The molecule has 0 amide bonds. The second kappa shape index (κ2) is 4.58. The number of aromatic nitrogens is 2. The van der Waals surface area contributed by atoms with E-state index >= 15 is 0 Å². The van der Waals surface area contributed by atoms with Crippen molar-refractivity contribution >= 4 is 0 Å². The molecular formula is C13H22N2O. The van der Waals surface area contributed by atoms with E-state index in [2.05, 4.69) is 30.6 Å². The molecule has 3 nitrogen and oxygen atoms in total. The fourth-order valence-corrected chi connectivity index (χ4v) is 2.65. The lowest BCUT2D eigenvalue weighted by Crippen LogP contribution is -2.16. The molecule has 1 aromatic heterocycles. The third-order valence-electron chi connectivity index (χ3n) is 4.07. The largest absolute Gasteiger partial charge is 0.393 e. The predicted molar refractivity (Wildman–Crippen MR) is 64.4 cm³/mol. The van der Waals surface area contributed by atoms with Crippen molar-refractivity contribution in [1.82, 2.24) is 9.78 Å². The Kier molecular flexibility index (Phi) is 3.33. The van der Waals surface area contributed by atoms with Crippen molar-refractivity contribution in [2.24, 2.45) is 5.92 Å². The molecule has 1 aliphatic carbocycles. The standard InChI is InChI=1S/C13H22N2O/c1-9-10(2)14-15(11(9)3)8-7-12-5-4-6-13(12)16/h12-13,16H,4-8H2,1-3H3. The first-order chi connectivity index (χ1) is 7.59. The average Bonchev–Trinajstić information content (AvgIpc) is 2.76. The van der Waals surface area contributed by atoms with E-state index in [1.807, 2.05) is 0 Å². The number of aliphatic hydroxyl groups excluding tert-OH is 1. The summed E-state index contributed by atoms with van der Waals surface area (Å²) >= 11 is 0. The van der Waals surface area contributed by atoms with Crippen LogP contribution < -0.4 is 0 Å². The molecule has 2 unspecified atom stereocenters. The van der Waals surface area contributed by atoms with Crippen LogP contribution in [-0.2, 0) is 6.54 Å². The van der Waals surface area contributed by atoms with Gasteiger partial charge in [-0.1, -0.05) is 6.42 Å². The molecule has 0 aliphatic heterocycles. The number of hydrogen-bond acceptors (Lipinski definition) is 2. The van der Waals surface area contributed by atoms with Gasteiger partial charge in [-0.2, -0.15) is 5.10 Å². The molecule has 1 aliphatic rings. The van der Waals surface area contributed by atoms with Gasteiger partial charge in [0.05, 0.1) is 11.8 Å². The summed E-state index contributed by atoms with van der Waals surface area (Å²) in [6.07, 6.45) is 4.34. The van der Waals surface area contributed by atoms with Crippen LogP contribution in [0.3, 0.4) is 0 Å². The van der Waals surface area contributed by atoms with Crippen LogP contribution in [0, 0.1) is 26.7 Å². The van der Waals surface area contributed by atoms with Crippen molar-refractivity contribution < 1.29 is 5.11 Å². The zero-order chi connectivity index (χ0) is 11.7. The molecule has 1 aromatic rings. The van der Waals surface area contributed by atoms with Gasteiger partial charge in [-0.05, 0) is 51.5 Å². The van der Waals surface area contributed by atoms with E-state index in [0.717, 1.165) is 25.1 Å². The van der Waals surface area contributed by atoms with E-state index < -0.39 is 0 Å². The first-order valence-corrected chi connectivity index (χ1v) is 6.28. The molecule has 2 atom stereocenters. The van der Waals surface area contributed by atoms with E-state index in [9.17, 15) is 5.11 Å². The van der Waals surface area contributed by atoms with Gasteiger partial charge >= 0.3 is 0 Å². The zero-order valence-corrected chi connectivity index (χ0v) is 10.5. The number of hydrogen-bond donors (Lipinski definition) is 1. The van der Waals surface area contributed by atoms with Crippen LogP contribution in [-0.4, -0.2) is 21.0 Å². The number of rotatable bonds is 3. The second-order valence-electron chi connectivity index (χ2n) is 5.07. The molecule has 3 heteroatoms. The summed E-state index contributed by atoms with van der Waals surface area (Å²) in [5.41, 5.74) is 3.70. The van der Waals surface area contributed by atoms with Crippen molar-refractivity contribution in [3.63, 3.8) is 0 Å². The van der Waals surface area contributed by atoms with Crippen molar-refractivity contribution in [1.29, 1.82) is 0 Å². The number of nitrogens with zero attached hydrogens (tertiary/aromatic N) is 2. The Bertz CT molecular complexity index is 370. The Hall–Kier alpha value is -0.830. The van der Waals surface area contributed by atoms with Crippen LogP contribution in [0.1, 0.15) is 42.6 Å². The third-order valence-corrected chi connectivity index (χ3v) is 4.07. The highest BCUT2D eigenvalue weighted by atomic mass is 16.3. The minimum absolute atomic E-state index is 0.0712. The lowest BCUT2D eigenvalue weighted by molar-refractivity contribution is 0.124. The maximum Gasteiger partial charge on any atom is 0.0625 e. The molecule has 1 heterocycles. The molecule has 90 valence electrons. The quantitative estimate of drug-likeness (QED) is 0.852. The monoisotopic (exact) mass is 222 g/mol. The topological polar surface area (TPSA) is 38.0 Å². The van der Waals surface area contributed by atoms with Gasteiger partial charge in [0.15, 0.2) is 0 Å². The van der Waals surface area contributed by atoms with Gasteiger partial charge in [0.2, 0.25) is 0 Å². The van der Waals surface area contributed by atoms with Crippen molar-refractivity contribution in [2.75, 3.05) is 0 Å². The van der Waals surface area contributed by atoms with Crippen LogP contribution in [0.5, 0.6) is 0 Å². The van der Waals surface area contributed by atoms with Crippen LogP contribution >= 0.6 is 0 Å². The summed E-state index contributed by atoms with van der Waals surface area (Å²) in [5.74, 6) is 0.490. The fourth-order valence-electron chi connectivity index (χ4n) is 2.65. The molecule has 1 fully saturated rings. The Balaban J connectivity index is 1.96. The normalized spacial score (nSPS) is 25.2. The molecule has 16 heavy (non-hydrogen) atoms. The van der Waals surface area contributed by atoms with E-state index in [0.29, 0.717) is 5.92 Å². The van der Waals surface area contributed by atoms with Gasteiger partial charge in [0.1, 0.15) is 0 Å². The van der Waals surface area contributed by atoms with Gasteiger partial charge in [0.25, 0.3) is 0 Å². The van der Waals surface area contributed by atoms with Crippen molar-refractivity contribution in [3.05, 3.63) is 17.0 Å². The fraction of sp³-hybridized carbons (Fsp3) is 0.769. The highest BCUT2D eigenvalue weighted by molar-refractivity contribution is 5.22. The summed E-state index contributed by atoms with van der Waals surface area (Å²) in [6.45, 7) is 7.25. The highest BCUT2D eigenvalue weighted by Gasteiger charge is 2.25. The molecule has 0 saturated heterocycles. The molecule has 0 radical (unpaired) electrons. The van der Waals surface area contributed by atoms with Gasteiger partial charge in [-0.3, -0.25) is 4.68 Å². The third kappa shape index (κ3) is 2.14. The molecule has 1 saturated carbocycles. The highest BCUT2D eigenvalue weighted by Crippen LogP contribution is 2.28. The first-order valence-electron chi connectivity index (χ1n) is 6.28. The zero-order valence-electron chi connectivity index (χ0n) is 10.5. The summed E-state index contributed by atoms with van der Waals surface area (Å²) in [5, 5.41) is 14.3. The minimum Gasteiger partial charge on any atom is -0.393 e. The smallest absolute Gasteiger partial charge is 0.0625 e. The number of aryl methyl sites for hydroxylation is 2. The maximum absolute atomic E-state index is 9.77.